The van der Waals surface area contributed by atoms with Crippen molar-refractivity contribution in [2.24, 2.45) is 5.92 Å². The number of likely N-dealkylation sites (N-methyl/N-ethyl adjacent to an activating group) is 1. The van der Waals surface area contributed by atoms with E-state index in [1.165, 1.54) is 27.3 Å². The van der Waals surface area contributed by atoms with Crippen molar-refractivity contribution in [1.82, 2.24) is 20.1 Å². The zero-order chi connectivity index (χ0) is 29.4. The van der Waals surface area contributed by atoms with Gasteiger partial charge in [0.05, 0.1) is 18.7 Å². The summed E-state index contributed by atoms with van der Waals surface area (Å²) in [4.78, 5) is 58.3. The lowest BCUT2D eigenvalue weighted by molar-refractivity contribution is -0.176. The van der Waals surface area contributed by atoms with Crippen LogP contribution in [0.3, 0.4) is 0 Å². The van der Waals surface area contributed by atoms with E-state index in [1.54, 1.807) is 17.4 Å². The Bertz CT molecular complexity index is 1230. The van der Waals surface area contributed by atoms with Crippen LogP contribution < -0.4 is 15.4 Å². The van der Waals surface area contributed by atoms with E-state index in [0.717, 1.165) is 22.6 Å². The van der Waals surface area contributed by atoms with Crippen LogP contribution in [0.1, 0.15) is 32.6 Å². The minimum atomic E-state index is -5.24. The lowest BCUT2D eigenvalue weighted by atomic mass is 9.97. The van der Waals surface area contributed by atoms with Crippen LogP contribution in [0, 0.1) is 17.2 Å². The topological polar surface area (TPSA) is 154 Å². The largest absolute Gasteiger partial charge is 0.471 e. The Labute approximate surface area is 227 Å². The summed E-state index contributed by atoms with van der Waals surface area (Å²) in [5.74, 6) is -4.32. The Hall–Kier alpha value is -3.93. The molecule has 0 aromatic carbocycles. The van der Waals surface area contributed by atoms with Crippen molar-refractivity contribution in [3.8, 4) is 11.9 Å². The number of nitriles is 1. The molecule has 1 aliphatic carbocycles. The monoisotopic (exact) mass is 566 g/mol. The molecule has 1 aromatic rings. The minimum absolute atomic E-state index is 0.0784. The van der Waals surface area contributed by atoms with E-state index in [0.29, 0.717) is 5.69 Å². The summed E-state index contributed by atoms with van der Waals surface area (Å²) < 4.78 is 49.9. The van der Waals surface area contributed by atoms with Crippen molar-refractivity contribution in [2.45, 2.75) is 68.6 Å². The number of hydrogen-bond donors (Lipinski definition) is 2. The molecule has 0 unspecified atom stereocenters. The SMILES string of the molecule is CO[C@H](C)[C@H](NC(=O)C(F)(F)F)C(=O)N(C)[C@@H](CC1CC1)C(=O)N1C[C@@]2(C[C@H]1C#N)Oc1ncccc1NC2=O. The highest BCUT2D eigenvalue weighted by Gasteiger charge is 2.57. The maximum absolute atomic E-state index is 13.9. The van der Waals surface area contributed by atoms with Crippen molar-refractivity contribution in [2.75, 3.05) is 26.0 Å². The molecule has 12 nitrogen and oxygen atoms in total. The molecule has 0 radical (unpaired) electrons. The van der Waals surface area contributed by atoms with Gasteiger partial charge in [0, 0.05) is 26.8 Å². The maximum Gasteiger partial charge on any atom is 0.471 e. The van der Waals surface area contributed by atoms with Gasteiger partial charge in [-0.1, -0.05) is 12.8 Å². The number of nitrogens with zero attached hydrogens (tertiary/aromatic N) is 4. The summed E-state index contributed by atoms with van der Waals surface area (Å²) >= 11 is 0. The first-order valence-electron chi connectivity index (χ1n) is 12.6. The smallest absolute Gasteiger partial charge is 0.457 e. The number of carbonyl (C=O) groups excluding carboxylic acids is 4. The van der Waals surface area contributed by atoms with Gasteiger partial charge in [0.25, 0.3) is 5.91 Å². The number of pyridine rings is 1. The third-order valence-corrected chi connectivity index (χ3v) is 7.49. The zero-order valence-corrected chi connectivity index (χ0v) is 22.0. The summed E-state index contributed by atoms with van der Waals surface area (Å²) in [5.41, 5.74) is -1.26. The second-order valence-electron chi connectivity index (χ2n) is 10.3. The Balaban J connectivity index is 1.59. The van der Waals surface area contributed by atoms with Crippen molar-refractivity contribution in [3.63, 3.8) is 0 Å². The predicted octanol–water partition coefficient (Wildman–Crippen LogP) is 0.985. The number of nitrogens with one attached hydrogen (secondary N) is 2. The maximum atomic E-state index is 13.9. The van der Waals surface area contributed by atoms with E-state index in [9.17, 15) is 37.6 Å². The summed E-state index contributed by atoms with van der Waals surface area (Å²) in [7, 11) is 2.42. The first-order chi connectivity index (χ1) is 18.8. The van der Waals surface area contributed by atoms with Crippen LogP contribution in [0.4, 0.5) is 18.9 Å². The van der Waals surface area contributed by atoms with E-state index >= 15 is 0 Å². The van der Waals surface area contributed by atoms with Gasteiger partial charge in [-0.2, -0.15) is 18.4 Å². The molecule has 1 spiro atoms. The molecule has 1 saturated carbocycles. The number of fused-ring (bicyclic) bond motifs is 1. The van der Waals surface area contributed by atoms with Gasteiger partial charge in [-0.25, -0.2) is 4.98 Å². The van der Waals surface area contributed by atoms with Gasteiger partial charge in [0.2, 0.25) is 23.3 Å². The first-order valence-corrected chi connectivity index (χ1v) is 12.6. The van der Waals surface area contributed by atoms with Crippen LogP contribution in [0.25, 0.3) is 0 Å². The number of amides is 4. The van der Waals surface area contributed by atoms with Gasteiger partial charge in [0.1, 0.15) is 23.8 Å². The van der Waals surface area contributed by atoms with Crippen LogP contribution >= 0.6 is 0 Å². The molecule has 3 heterocycles. The van der Waals surface area contributed by atoms with E-state index < -0.39 is 59.6 Å². The lowest BCUT2D eigenvalue weighted by Gasteiger charge is -2.36. The summed E-state index contributed by atoms with van der Waals surface area (Å²) in [6, 6.07) is 1.19. The molecular formula is C25H29F3N6O6. The second-order valence-corrected chi connectivity index (χ2v) is 10.3. The highest BCUT2D eigenvalue weighted by Crippen LogP contribution is 2.40. The fraction of sp³-hybridized carbons (Fsp3) is 0.600. The quantitative estimate of drug-likeness (QED) is 0.472. The number of aromatic nitrogens is 1. The molecular weight excluding hydrogens is 537 g/mol. The molecule has 4 amide bonds. The van der Waals surface area contributed by atoms with Gasteiger partial charge in [-0.3, -0.25) is 19.2 Å². The number of methoxy groups -OCH3 is 1. The molecule has 5 atom stereocenters. The van der Waals surface area contributed by atoms with Crippen LogP contribution in [0.2, 0.25) is 0 Å². The number of anilines is 1. The first kappa shape index (κ1) is 29.1. The number of likely N-dealkylation sites (tertiary alicyclic amines) is 1. The molecule has 3 aliphatic rings. The average molecular weight is 567 g/mol. The third-order valence-electron chi connectivity index (χ3n) is 7.49. The zero-order valence-electron chi connectivity index (χ0n) is 22.0. The fourth-order valence-electron chi connectivity index (χ4n) is 4.89. The summed E-state index contributed by atoms with van der Waals surface area (Å²) in [6.07, 6.45) is -3.34. The van der Waals surface area contributed by atoms with E-state index in [4.69, 9.17) is 9.47 Å². The van der Waals surface area contributed by atoms with Crippen molar-refractivity contribution >= 4 is 29.3 Å². The van der Waals surface area contributed by atoms with Gasteiger partial charge >= 0.3 is 12.1 Å². The third kappa shape index (κ3) is 5.67. The molecule has 40 heavy (non-hydrogen) atoms. The Morgan fingerprint density at radius 1 is 1.40 bits per heavy atom. The Kier molecular flexibility index (Phi) is 7.93. The number of alkyl halides is 3. The number of hydrogen-bond acceptors (Lipinski definition) is 8. The number of carbonyl (C=O) groups is 4. The molecule has 15 heteroatoms. The molecule has 216 valence electrons. The average Bonchev–Trinajstić information content (AvgIpc) is 3.67. The number of rotatable bonds is 8. The number of halogens is 3. The molecule has 2 N–H and O–H groups in total. The molecule has 4 rings (SSSR count). The number of ether oxygens (including phenoxy) is 2. The second kappa shape index (κ2) is 10.9. The normalized spacial score (nSPS) is 24.2. The van der Waals surface area contributed by atoms with Crippen LogP contribution in [0.5, 0.6) is 5.88 Å². The van der Waals surface area contributed by atoms with Gasteiger partial charge in [-0.15, -0.1) is 0 Å². The van der Waals surface area contributed by atoms with Crippen molar-refractivity contribution in [3.05, 3.63) is 18.3 Å². The molecule has 2 aliphatic heterocycles. The Morgan fingerprint density at radius 2 is 2.10 bits per heavy atom. The molecule has 1 saturated heterocycles. The minimum Gasteiger partial charge on any atom is -0.457 e. The molecule has 1 aromatic heterocycles. The van der Waals surface area contributed by atoms with Crippen LogP contribution in [-0.4, -0.2) is 95.1 Å². The summed E-state index contributed by atoms with van der Waals surface area (Å²) in [6.45, 7) is 1.00. The fourth-order valence-corrected chi connectivity index (χ4v) is 4.89. The van der Waals surface area contributed by atoms with Crippen LogP contribution in [0.15, 0.2) is 18.3 Å². The van der Waals surface area contributed by atoms with Crippen molar-refractivity contribution < 1.29 is 41.8 Å². The van der Waals surface area contributed by atoms with Gasteiger partial charge in [0.15, 0.2) is 0 Å². The van der Waals surface area contributed by atoms with Crippen molar-refractivity contribution in [1.29, 1.82) is 5.26 Å². The van der Waals surface area contributed by atoms with E-state index in [-0.39, 0.29) is 31.2 Å². The predicted molar refractivity (Wildman–Crippen MR) is 130 cm³/mol. The summed E-state index contributed by atoms with van der Waals surface area (Å²) in [5, 5.41) is 14.2. The highest BCUT2D eigenvalue weighted by atomic mass is 19.4. The van der Waals surface area contributed by atoms with Crippen LogP contribution in [-0.2, 0) is 23.9 Å². The Morgan fingerprint density at radius 3 is 2.70 bits per heavy atom. The highest BCUT2D eigenvalue weighted by molar-refractivity contribution is 6.02. The molecule has 2 fully saturated rings. The van der Waals surface area contributed by atoms with Gasteiger partial charge in [-0.05, 0) is 31.4 Å². The standard InChI is InChI=1S/C25H29F3N6O6/c1-13(39-3)18(32-23(38)25(26,27)28)21(36)33(2)17(9-14-6-7-14)20(35)34-12-24(10-15(34)11-29)22(37)31-16-5-4-8-30-19(16)40-24/h4-5,8,13-15,17-18H,6-7,9-10,12H2,1-3H3,(H,31,37)(H,32,38)/t13-,15+,17+,18+,24-/m1/s1. The van der Waals surface area contributed by atoms with E-state index in [2.05, 4.69) is 10.3 Å². The van der Waals surface area contributed by atoms with E-state index in [1.807, 2.05) is 6.07 Å². The molecule has 0 bridgehead atoms. The lowest BCUT2D eigenvalue weighted by Crippen LogP contribution is -2.60. The van der Waals surface area contributed by atoms with Gasteiger partial charge < -0.3 is 29.9 Å².